The minimum Gasteiger partial charge on any atom is -0.481 e. The Hall–Kier alpha value is -3.39. The molecule has 1 heterocycles. The van der Waals surface area contributed by atoms with E-state index < -0.39 is 30.1 Å². The summed E-state index contributed by atoms with van der Waals surface area (Å²) in [5.74, 6) is -1.98. The van der Waals surface area contributed by atoms with E-state index in [9.17, 15) is 19.5 Å². The highest BCUT2D eigenvalue weighted by Gasteiger charge is 2.36. The van der Waals surface area contributed by atoms with Gasteiger partial charge in [0, 0.05) is 26.1 Å². The fraction of sp³-hybridized carbons (Fsp3) is 0.423. The molecule has 2 aromatic rings. The number of ether oxygens (including phenoxy) is 2. The zero-order chi connectivity index (χ0) is 24.2. The molecule has 0 saturated carbocycles. The number of methoxy groups -OCH3 is 1. The monoisotopic (exact) mass is 466 g/mol. The summed E-state index contributed by atoms with van der Waals surface area (Å²) in [6, 6.07) is 15.1. The molecule has 1 fully saturated rings. The first-order valence-electron chi connectivity index (χ1n) is 11.6. The molecule has 1 aliphatic carbocycles. The van der Waals surface area contributed by atoms with E-state index in [-0.39, 0.29) is 25.0 Å². The molecule has 0 radical (unpaired) electrons. The molecule has 1 saturated heterocycles. The molecule has 3 unspecified atom stereocenters. The normalized spacial score (nSPS) is 19.0. The van der Waals surface area contributed by atoms with E-state index in [4.69, 9.17) is 9.47 Å². The van der Waals surface area contributed by atoms with E-state index in [1.807, 2.05) is 36.4 Å². The zero-order valence-electron chi connectivity index (χ0n) is 19.4. The van der Waals surface area contributed by atoms with Gasteiger partial charge in [0.2, 0.25) is 5.91 Å². The number of nitrogens with one attached hydrogen (secondary N) is 1. The Bertz CT molecular complexity index is 1030. The van der Waals surface area contributed by atoms with Gasteiger partial charge in [0.05, 0.1) is 12.0 Å². The topological polar surface area (TPSA) is 105 Å². The first kappa shape index (κ1) is 23.8. The number of amides is 2. The van der Waals surface area contributed by atoms with Crippen molar-refractivity contribution in [3.63, 3.8) is 0 Å². The Kier molecular flexibility index (Phi) is 7.17. The summed E-state index contributed by atoms with van der Waals surface area (Å²) in [6.07, 6.45) is -0.195. The summed E-state index contributed by atoms with van der Waals surface area (Å²) in [4.78, 5) is 38.8. The van der Waals surface area contributed by atoms with Crippen molar-refractivity contribution in [3.8, 4) is 11.1 Å². The van der Waals surface area contributed by atoms with Gasteiger partial charge in [-0.3, -0.25) is 9.59 Å². The molecule has 2 amide bonds. The molecular weight excluding hydrogens is 436 g/mol. The van der Waals surface area contributed by atoms with Gasteiger partial charge in [-0.15, -0.1) is 0 Å². The van der Waals surface area contributed by atoms with Crippen LogP contribution in [0.2, 0.25) is 0 Å². The van der Waals surface area contributed by atoms with E-state index in [0.717, 1.165) is 22.3 Å². The third-order valence-electron chi connectivity index (χ3n) is 6.81. The first-order chi connectivity index (χ1) is 16.4. The summed E-state index contributed by atoms with van der Waals surface area (Å²) in [5, 5.41) is 12.0. The molecule has 8 nitrogen and oxygen atoms in total. The number of likely N-dealkylation sites (tertiary alicyclic amines) is 1. The number of hydrogen-bond acceptors (Lipinski definition) is 5. The average Bonchev–Trinajstić information content (AvgIpc) is 3.19. The quantitative estimate of drug-likeness (QED) is 0.649. The van der Waals surface area contributed by atoms with Crippen molar-refractivity contribution in [1.29, 1.82) is 0 Å². The van der Waals surface area contributed by atoms with Crippen molar-refractivity contribution in [3.05, 3.63) is 59.7 Å². The summed E-state index contributed by atoms with van der Waals surface area (Å²) >= 11 is 0. The van der Waals surface area contributed by atoms with Crippen molar-refractivity contribution in [2.24, 2.45) is 5.92 Å². The fourth-order valence-corrected chi connectivity index (χ4v) is 4.86. The predicted octanol–water partition coefficient (Wildman–Crippen LogP) is 3.25. The summed E-state index contributed by atoms with van der Waals surface area (Å²) in [7, 11) is 1.46. The smallest absolute Gasteiger partial charge is 0.407 e. The molecule has 0 bridgehead atoms. The van der Waals surface area contributed by atoms with Gasteiger partial charge in [0.25, 0.3) is 0 Å². The maximum Gasteiger partial charge on any atom is 0.407 e. The highest BCUT2D eigenvalue weighted by Crippen LogP contribution is 2.44. The van der Waals surface area contributed by atoms with E-state index >= 15 is 0 Å². The highest BCUT2D eigenvalue weighted by molar-refractivity contribution is 5.87. The highest BCUT2D eigenvalue weighted by atomic mass is 16.5. The molecule has 2 N–H and O–H groups in total. The number of piperidine rings is 1. The molecule has 4 rings (SSSR count). The van der Waals surface area contributed by atoms with Crippen LogP contribution < -0.4 is 5.32 Å². The molecule has 180 valence electrons. The molecule has 1 aliphatic heterocycles. The molecule has 2 aromatic carbocycles. The van der Waals surface area contributed by atoms with Crippen LogP contribution in [0, 0.1) is 5.92 Å². The van der Waals surface area contributed by atoms with Gasteiger partial charge in [-0.2, -0.15) is 0 Å². The van der Waals surface area contributed by atoms with Gasteiger partial charge in [0.1, 0.15) is 12.6 Å². The number of alkyl carbamates (subject to hydrolysis) is 1. The lowest BCUT2D eigenvalue weighted by atomic mass is 9.97. The maximum absolute atomic E-state index is 13.2. The summed E-state index contributed by atoms with van der Waals surface area (Å²) < 4.78 is 10.9. The fourth-order valence-electron chi connectivity index (χ4n) is 4.86. The number of carbonyl (C=O) groups is 3. The standard InChI is InChI=1S/C26H30N2O6/c1-16(33-2)23(24(29)28-13-7-8-17(14-28)25(30)31)27-26(32)34-15-22-20-11-5-3-9-18(20)19-10-4-6-12-21(19)22/h3-6,9-12,16-17,22-23H,7-8,13-15H2,1-2H3,(H,27,32)(H,30,31). The lowest BCUT2D eigenvalue weighted by Gasteiger charge is -2.34. The molecule has 8 heteroatoms. The number of carbonyl (C=O) groups excluding carboxylic acids is 2. The largest absolute Gasteiger partial charge is 0.481 e. The van der Waals surface area contributed by atoms with Crippen molar-refractivity contribution >= 4 is 18.0 Å². The first-order valence-corrected chi connectivity index (χ1v) is 11.6. The Morgan fingerprint density at radius 3 is 2.29 bits per heavy atom. The van der Waals surface area contributed by atoms with Gasteiger partial charge >= 0.3 is 12.1 Å². The maximum atomic E-state index is 13.2. The number of benzene rings is 2. The van der Waals surface area contributed by atoms with E-state index in [1.54, 1.807) is 6.92 Å². The van der Waals surface area contributed by atoms with Crippen LogP contribution in [0.4, 0.5) is 4.79 Å². The van der Waals surface area contributed by atoms with Crippen molar-refractivity contribution in [1.82, 2.24) is 10.2 Å². The number of carboxylic acid groups (broad SMARTS) is 1. The number of hydrogen-bond donors (Lipinski definition) is 2. The van der Waals surface area contributed by atoms with Crippen LogP contribution >= 0.6 is 0 Å². The Labute approximate surface area is 198 Å². The molecule has 3 atom stereocenters. The van der Waals surface area contributed by atoms with Gasteiger partial charge in [-0.05, 0) is 42.0 Å². The lowest BCUT2D eigenvalue weighted by Crippen LogP contribution is -2.56. The van der Waals surface area contributed by atoms with Crippen LogP contribution in [0.25, 0.3) is 11.1 Å². The van der Waals surface area contributed by atoms with Crippen LogP contribution in [0.5, 0.6) is 0 Å². The van der Waals surface area contributed by atoms with E-state index in [2.05, 4.69) is 17.4 Å². The van der Waals surface area contributed by atoms with E-state index in [1.165, 1.54) is 12.0 Å². The SMILES string of the molecule is COC(C)C(NC(=O)OCC1c2ccccc2-c2ccccc21)C(=O)N1CCCC(C(=O)O)C1. The van der Waals surface area contributed by atoms with Crippen LogP contribution in [-0.2, 0) is 19.1 Å². The Balaban J connectivity index is 1.43. The third-order valence-corrected chi connectivity index (χ3v) is 6.81. The van der Waals surface area contributed by atoms with Crippen molar-refractivity contribution in [2.75, 3.05) is 26.8 Å². The second-order valence-corrected chi connectivity index (χ2v) is 8.85. The summed E-state index contributed by atoms with van der Waals surface area (Å²) in [6.45, 7) is 2.38. The Morgan fingerprint density at radius 2 is 1.71 bits per heavy atom. The van der Waals surface area contributed by atoms with E-state index in [0.29, 0.717) is 19.4 Å². The van der Waals surface area contributed by atoms with Gasteiger partial charge in [0.15, 0.2) is 0 Å². The van der Waals surface area contributed by atoms with Crippen molar-refractivity contribution < 1.29 is 29.0 Å². The second kappa shape index (κ2) is 10.3. The number of fused-ring (bicyclic) bond motifs is 3. The minimum absolute atomic E-state index is 0.0921. The van der Waals surface area contributed by atoms with Crippen molar-refractivity contribution in [2.45, 2.75) is 37.8 Å². The molecule has 0 spiro atoms. The van der Waals surface area contributed by atoms with Crippen LogP contribution in [-0.4, -0.2) is 66.9 Å². The number of nitrogens with zero attached hydrogens (tertiary/aromatic N) is 1. The number of carboxylic acids is 1. The molecule has 34 heavy (non-hydrogen) atoms. The van der Waals surface area contributed by atoms with Gasteiger partial charge < -0.3 is 24.8 Å². The third kappa shape index (κ3) is 4.77. The van der Waals surface area contributed by atoms with Gasteiger partial charge in [-0.25, -0.2) is 4.79 Å². The van der Waals surface area contributed by atoms with Crippen LogP contribution in [0.15, 0.2) is 48.5 Å². The Morgan fingerprint density at radius 1 is 1.09 bits per heavy atom. The lowest BCUT2D eigenvalue weighted by molar-refractivity contribution is -0.147. The van der Waals surface area contributed by atoms with Gasteiger partial charge in [-0.1, -0.05) is 48.5 Å². The predicted molar refractivity (Wildman–Crippen MR) is 125 cm³/mol. The second-order valence-electron chi connectivity index (χ2n) is 8.85. The zero-order valence-corrected chi connectivity index (χ0v) is 19.4. The average molecular weight is 467 g/mol. The van der Waals surface area contributed by atoms with Crippen LogP contribution in [0.1, 0.15) is 36.8 Å². The molecule has 0 aromatic heterocycles. The number of rotatable bonds is 7. The molecular formula is C26H30N2O6. The van der Waals surface area contributed by atoms with Crippen LogP contribution in [0.3, 0.4) is 0 Å². The minimum atomic E-state index is -0.979. The number of aliphatic carboxylic acids is 1. The molecule has 2 aliphatic rings. The summed E-state index contributed by atoms with van der Waals surface area (Å²) in [5.41, 5.74) is 4.46.